The quantitative estimate of drug-likeness (QED) is 0.907. The topological polar surface area (TPSA) is 33.7 Å². The van der Waals surface area contributed by atoms with Crippen molar-refractivity contribution in [2.75, 3.05) is 0 Å². The molecule has 4 unspecified atom stereocenters. The molecule has 1 aliphatic rings. The highest BCUT2D eigenvalue weighted by Gasteiger charge is 2.44. The van der Waals surface area contributed by atoms with Crippen LogP contribution in [-0.2, 0) is 4.79 Å². The van der Waals surface area contributed by atoms with Crippen molar-refractivity contribution in [3.63, 3.8) is 0 Å². The average Bonchev–Trinajstić information content (AvgIpc) is 3.08. The van der Waals surface area contributed by atoms with Crippen molar-refractivity contribution >= 4 is 28.5 Å². The van der Waals surface area contributed by atoms with E-state index in [1.807, 2.05) is 0 Å². The number of rotatable bonds is 2. The molecule has 0 saturated carbocycles. The Morgan fingerprint density at radius 2 is 1.42 bits per heavy atom. The van der Waals surface area contributed by atoms with Gasteiger partial charge in [-0.1, -0.05) is 12.1 Å². The number of quaternary nitrogens is 1. The molecule has 2 aromatic rings. The van der Waals surface area contributed by atoms with Crippen LogP contribution in [0.1, 0.15) is 35.7 Å². The second-order valence-electron chi connectivity index (χ2n) is 5.25. The highest BCUT2D eigenvalue weighted by Crippen LogP contribution is 2.35. The lowest BCUT2D eigenvalue weighted by molar-refractivity contribution is -0.747. The number of Topliss-reactive ketones (excluding diaryl/α,β-unsaturated/α-hetero) is 1. The molecule has 100 valence electrons. The molecule has 4 heteroatoms. The molecule has 4 atom stereocenters. The van der Waals surface area contributed by atoms with Crippen molar-refractivity contribution in [1.82, 2.24) is 0 Å². The number of nitrogens with two attached hydrogens (primary N) is 1. The van der Waals surface area contributed by atoms with Crippen molar-refractivity contribution < 1.29 is 10.1 Å². The average molecular weight is 292 g/mol. The molecule has 1 saturated heterocycles. The normalized spacial score (nSPS) is 31.6. The molecule has 2 aromatic heterocycles. The SMILES string of the molecule is CC1C(=O)C(C)C(c2cccs2)[NH2+]C1c1cccs1. The van der Waals surface area contributed by atoms with Gasteiger partial charge in [0.1, 0.15) is 12.1 Å². The lowest BCUT2D eigenvalue weighted by Crippen LogP contribution is -2.91. The van der Waals surface area contributed by atoms with Gasteiger partial charge in [-0.15, -0.1) is 22.7 Å². The van der Waals surface area contributed by atoms with Gasteiger partial charge in [-0.25, -0.2) is 0 Å². The zero-order valence-electron chi connectivity index (χ0n) is 11.1. The number of hydrogen-bond donors (Lipinski definition) is 1. The third-order valence-corrected chi connectivity index (χ3v) is 6.08. The molecular formula is C15H18NOS2+. The Bertz CT molecular complexity index is 498. The molecule has 0 aliphatic carbocycles. The fourth-order valence-electron chi connectivity index (χ4n) is 2.97. The molecule has 0 bridgehead atoms. The van der Waals surface area contributed by atoms with Crippen LogP contribution in [0, 0.1) is 11.8 Å². The molecule has 1 aliphatic heterocycles. The van der Waals surface area contributed by atoms with Crippen molar-refractivity contribution in [3.8, 4) is 0 Å². The van der Waals surface area contributed by atoms with Gasteiger partial charge in [0.2, 0.25) is 0 Å². The zero-order chi connectivity index (χ0) is 13.4. The van der Waals surface area contributed by atoms with Crippen LogP contribution in [0.4, 0.5) is 0 Å². The van der Waals surface area contributed by atoms with Crippen LogP contribution < -0.4 is 5.32 Å². The highest BCUT2D eigenvalue weighted by molar-refractivity contribution is 7.10. The van der Waals surface area contributed by atoms with Crippen LogP contribution in [0.2, 0.25) is 0 Å². The van der Waals surface area contributed by atoms with E-state index in [0.717, 1.165) is 0 Å². The van der Waals surface area contributed by atoms with Gasteiger partial charge in [-0.3, -0.25) is 4.79 Å². The fraction of sp³-hybridized carbons (Fsp3) is 0.400. The number of thiophene rings is 2. The maximum Gasteiger partial charge on any atom is 0.151 e. The predicted molar refractivity (Wildman–Crippen MR) is 79.4 cm³/mol. The molecular weight excluding hydrogens is 274 g/mol. The molecule has 3 rings (SSSR count). The predicted octanol–water partition coefficient (Wildman–Crippen LogP) is 3.01. The first-order valence-electron chi connectivity index (χ1n) is 6.64. The summed E-state index contributed by atoms with van der Waals surface area (Å²) in [6.45, 7) is 4.15. The van der Waals surface area contributed by atoms with Crippen LogP contribution in [0.25, 0.3) is 0 Å². The Kier molecular flexibility index (Phi) is 3.56. The van der Waals surface area contributed by atoms with E-state index in [2.05, 4.69) is 54.2 Å². The minimum Gasteiger partial charge on any atom is -0.331 e. The summed E-state index contributed by atoms with van der Waals surface area (Å²) in [6, 6.07) is 8.99. The summed E-state index contributed by atoms with van der Waals surface area (Å²) in [5, 5.41) is 6.59. The van der Waals surface area contributed by atoms with Gasteiger partial charge in [0, 0.05) is 0 Å². The third-order valence-electron chi connectivity index (χ3n) is 4.13. The zero-order valence-corrected chi connectivity index (χ0v) is 12.7. The van der Waals surface area contributed by atoms with Gasteiger partial charge in [0.25, 0.3) is 0 Å². The molecule has 0 amide bonds. The standard InChI is InChI=1S/C15H17NOS2/c1-9-13(11-5-3-7-18-11)16-14(10(2)15(9)17)12-6-4-8-19-12/h3-10,13-14,16H,1-2H3/p+1. The van der Waals surface area contributed by atoms with Crippen molar-refractivity contribution in [3.05, 3.63) is 44.8 Å². The molecule has 3 heterocycles. The number of carbonyl (C=O) groups excluding carboxylic acids is 1. The summed E-state index contributed by atoms with van der Waals surface area (Å²) in [5.41, 5.74) is 0. The Labute approximate surface area is 121 Å². The van der Waals surface area contributed by atoms with E-state index in [4.69, 9.17) is 0 Å². The fourth-order valence-corrected chi connectivity index (χ4v) is 4.79. The van der Waals surface area contributed by atoms with Crippen LogP contribution in [0.5, 0.6) is 0 Å². The highest BCUT2D eigenvalue weighted by atomic mass is 32.1. The first-order valence-corrected chi connectivity index (χ1v) is 8.40. The van der Waals surface area contributed by atoms with E-state index in [-0.39, 0.29) is 23.9 Å². The summed E-state index contributed by atoms with van der Waals surface area (Å²) >= 11 is 3.51. The first-order chi connectivity index (χ1) is 9.18. The molecule has 19 heavy (non-hydrogen) atoms. The lowest BCUT2D eigenvalue weighted by Gasteiger charge is -2.34. The summed E-state index contributed by atoms with van der Waals surface area (Å²) < 4.78 is 0. The van der Waals surface area contributed by atoms with Gasteiger partial charge >= 0.3 is 0 Å². The van der Waals surface area contributed by atoms with E-state index in [1.165, 1.54) is 9.75 Å². The molecule has 0 radical (unpaired) electrons. The molecule has 2 N–H and O–H groups in total. The number of piperidine rings is 1. The largest absolute Gasteiger partial charge is 0.331 e. The minimum atomic E-state index is 0.102. The number of ketones is 1. The first kappa shape index (κ1) is 13.0. The van der Waals surface area contributed by atoms with E-state index in [1.54, 1.807) is 22.7 Å². The summed E-state index contributed by atoms with van der Waals surface area (Å²) in [5.74, 6) is 0.606. The van der Waals surface area contributed by atoms with Crippen LogP contribution >= 0.6 is 22.7 Å². The van der Waals surface area contributed by atoms with Gasteiger partial charge in [0.15, 0.2) is 5.78 Å². The van der Waals surface area contributed by atoms with Crippen molar-refractivity contribution in [2.45, 2.75) is 25.9 Å². The summed E-state index contributed by atoms with van der Waals surface area (Å²) in [6.07, 6.45) is 0. The third kappa shape index (κ3) is 2.29. The van der Waals surface area contributed by atoms with E-state index in [0.29, 0.717) is 5.78 Å². The molecule has 0 spiro atoms. The second-order valence-corrected chi connectivity index (χ2v) is 7.21. The van der Waals surface area contributed by atoms with E-state index < -0.39 is 0 Å². The Balaban J connectivity index is 1.93. The van der Waals surface area contributed by atoms with Crippen LogP contribution in [0.15, 0.2) is 35.0 Å². The second kappa shape index (κ2) is 5.19. The van der Waals surface area contributed by atoms with Crippen LogP contribution in [0.3, 0.4) is 0 Å². The van der Waals surface area contributed by atoms with E-state index in [9.17, 15) is 4.79 Å². The molecule has 0 aromatic carbocycles. The molecule has 1 fully saturated rings. The number of hydrogen-bond acceptors (Lipinski definition) is 3. The summed E-state index contributed by atoms with van der Waals surface area (Å²) in [7, 11) is 0. The monoisotopic (exact) mass is 292 g/mol. The Morgan fingerprint density at radius 1 is 0.947 bits per heavy atom. The Morgan fingerprint density at radius 3 is 1.79 bits per heavy atom. The molecule has 2 nitrogen and oxygen atoms in total. The van der Waals surface area contributed by atoms with E-state index >= 15 is 0 Å². The maximum absolute atomic E-state index is 12.5. The van der Waals surface area contributed by atoms with Crippen LogP contribution in [-0.4, -0.2) is 5.78 Å². The smallest absolute Gasteiger partial charge is 0.151 e. The maximum atomic E-state index is 12.5. The van der Waals surface area contributed by atoms with Gasteiger partial charge < -0.3 is 5.32 Å². The number of carbonyl (C=O) groups is 1. The van der Waals surface area contributed by atoms with Gasteiger partial charge in [-0.2, -0.15) is 0 Å². The van der Waals surface area contributed by atoms with Crippen molar-refractivity contribution in [1.29, 1.82) is 0 Å². The van der Waals surface area contributed by atoms with Crippen molar-refractivity contribution in [2.24, 2.45) is 11.8 Å². The Hall–Kier alpha value is -0.970. The summed E-state index contributed by atoms with van der Waals surface area (Å²) in [4.78, 5) is 15.2. The van der Waals surface area contributed by atoms with Gasteiger partial charge in [-0.05, 0) is 36.7 Å². The lowest BCUT2D eigenvalue weighted by atomic mass is 9.79. The van der Waals surface area contributed by atoms with Gasteiger partial charge in [0.05, 0.1) is 21.6 Å². The minimum absolute atomic E-state index is 0.102.